The van der Waals surface area contributed by atoms with E-state index in [4.69, 9.17) is 32.6 Å². The van der Waals surface area contributed by atoms with Gasteiger partial charge in [0.05, 0.1) is 58.0 Å². The van der Waals surface area contributed by atoms with Crippen molar-refractivity contribution in [3.8, 4) is 17.2 Å². The van der Waals surface area contributed by atoms with Gasteiger partial charge in [-0.05, 0) is 87.4 Å². The summed E-state index contributed by atoms with van der Waals surface area (Å²) in [5.74, 6) is 11.7. The van der Waals surface area contributed by atoms with Crippen molar-refractivity contribution < 1.29 is 70.0 Å². The van der Waals surface area contributed by atoms with E-state index >= 15 is 0 Å². The van der Waals surface area contributed by atoms with E-state index in [0.29, 0.717) is 84.7 Å². The number of alkyl halides is 3. The first-order valence-corrected chi connectivity index (χ1v) is 26.0. The van der Waals surface area contributed by atoms with E-state index in [1.807, 2.05) is 27.7 Å². The Balaban J connectivity index is 0.000000197. The molecular weight excluding hydrogens is 1120 g/mol. The number of carbonyl (C=O) groups is 6. The van der Waals surface area contributed by atoms with Crippen molar-refractivity contribution in [2.24, 2.45) is 17.4 Å². The third-order valence-corrected chi connectivity index (χ3v) is 14.7. The normalized spacial score (nSPS) is 17.3. The number of halogens is 5. The number of nitrogens with two attached hydrogens (primary N) is 5. The number of fused-ring (bicyclic) bond motifs is 2. The number of hydrogen-bond donors (Lipinski definition) is 5. The number of rotatable bonds is 14. The minimum Gasteiger partial charge on any atom is -0.496 e. The van der Waals surface area contributed by atoms with Crippen LogP contribution in [-0.4, -0.2) is 134 Å². The summed E-state index contributed by atoms with van der Waals surface area (Å²) in [5, 5.41) is 11.0. The molecule has 2 fully saturated rings. The molecule has 0 unspecified atom stereocenters. The van der Waals surface area contributed by atoms with E-state index in [2.05, 4.69) is 20.5 Å². The molecule has 2 saturated heterocycles. The fourth-order valence-electron chi connectivity index (χ4n) is 10.1. The van der Waals surface area contributed by atoms with Crippen molar-refractivity contribution in [1.82, 2.24) is 29.0 Å². The molecule has 0 saturated carbocycles. The zero-order valence-electron chi connectivity index (χ0n) is 46.8. The van der Waals surface area contributed by atoms with Gasteiger partial charge in [-0.15, -0.1) is 0 Å². The van der Waals surface area contributed by atoms with Gasteiger partial charge in [-0.2, -0.15) is 19.1 Å². The topological polar surface area (TPSA) is 326 Å². The van der Waals surface area contributed by atoms with E-state index in [0.717, 1.165) is 17.2 Å². The van der Waals surface area contributed by atoms with E-state index < -0.39 is 51.5 Å². The molecule has 2 aliphatic rings. The van der Waals surface area contributed by atoms with Gasteiger partial charge >= 0.3 is 11.9 Å². The Morgan fingerprint density at radius 1 is 0.576 bits per heavy atom. The summed E-state index contributed by atoms with van der Waals surface area (Å²) in [4.78, 5) is 96.4. The molecule has 4 atom stereocenters. The highest BCUT2D eigenvalue weighted by Gasteiger charge is 2.37. The van der Waals surface area contributed by atoms with Crippen LogP contribution in [0, 0.1) is 21.7 Å². The molecule has 0 aliphatic carbocycles. The van der Waals surface area contributed by atoms with Crippen LogP contribution >= 0.6 is 0 Å². The van der Waals surface area contributed by atoms with Crippen LogP contribution in [0.2, 0.25) is 0 Å². The summed E-state index contributed by atoms with van der Waals surface area (Å²) in [6.07, 6.45) is -2.02. The number of aromatic nitrogens is 2. The molecule has 85 heavy (non-hydrogen) atoms. The minimum atomic E-state index is -4.64. The van der Waals surface area contributed by atoms with Crippen molar-refractivity contribution >= 4 is 62.7 Å². The fraction of sp³-hybridized carbons (Fsp3) is 0.298. The Morgan fingerprint density at radius 2 is 0.965 bits per heavy atom. The van der Waals surface area contributed by atoms with Crippen LogP contribution < -0.4 is 43.4 Å². The summed E-state index contributed by atoms with van der Waals surface area (Å²) < 4.78 is 76.4. The number of methoxy groups -OCH3 is 2. The summed E-state index contributed by atoms with van der Waals surface area (Å²) >= 11 is 0. The van der Waals surface area contributed by atoms with Crippen LogP contribution in [0.1, 0.15) is 85.8 Å². The molecule has 23 nitrogen and oxygen atoms in total. The zero-order valence-corrected chi connectivity index (χ0v) is 46.8. The van der Waals surface area contributed by atoms with Gasteiger partial charge < -0.3 is 47.3 Å². The van der Waals surface area contributed by atoms with Gasteiger partial charge in [-0.3, -0.25) is 58.0 Å². The number of benzene rings is 5. The van der Waals surface area contributed by atoms with Gasteiger partial charge in [0.1, 0.15) is 23.1 Å². The molecule has 4 heterocycles. The number of amides is 4. The molecule has 9 rings (SSSR count). The summed E-state index contributed by atoms with van der Waals surface area (Å²) in [7, 11) is 2.90. The standard InChI is InChI=1S/2C25H28FN5O4.C7H5F3N2O3/c2*1-14-11-30(15(2)10-29(14)12-16-4-6-17(26)7-5-16)25(34)19-8-18-20(23(32)24(27)33)13-31(28)21(18)9-22(19)35-3;8-7(9,10)4-1-2-6(15-11)5(3-4)12(13)14/h2*4-9,13-15H,10-12,28H2,1-3H3,(H2,27,33);1-3H,11H2/t2*14-,15+;/m00./s1. The highest BCUT2D eigenvalue weighted by Crippen LogP contribution is 2.37. The summed E-state index contributed by atoms with van der Waals surface area (Å²) in [6.45, 7) is 11.5. The zero-order chi connectivity index (χ0) is 62.5. The lowest BCUT2D eigenvalue weighted by Crippen LogP contribution is -2.57. The minimum absolute atomic E-state index is 0.0252. The van der Waals surface area contributed by atoms with Gasteiger partial charge in [0, 0.05) is 105 Å². The van der Waals surface area contributed by atoms with Crippen molar-refractivity contribution in [3.63, 3.8) is 0 Å². The monoisotopic (exact) mass is 1180 g/mol. The lowest BCUT2D eigenvalue weighted by molar-refractivity contribution is -0.386. The summed E-state index contributed by atoms with van der Waals surface area (Å²) in [6, 6.07) is 20.7. The largest absolute Gasteiger partial charge is 0.496 e. The number of nitrogen functional groups attached to an aromatic ring is 2. The van der Waals surface area contributed by atoms with Crippen LogP contribution in [-0.2, 0) is 28.9 Å². The van der Waals surface area contributed by atoms with Crippen LogP contribution in [0.4, 0.5) is 27.6 Å². The second kappa shape index (κ2) is 25.9. The predicted molar refractivity (Wildman–Crippen MR) is 301 cm³/mol. The number of carbonyl (C=O) groups excluding carboxylic acids is 6. The molecule has 0 spiro atoms. The molecule has 28 heteroatoms. The lowest BCUT2D eigenvalue weighted by atomic mass is 10.0. The Morgan fingerprint density at radius 3 is 1.29 bits per heavy atom. The Bertz CT molecular complexity index is 3510. The Hall–Kier alpha value is -9.67. The molecule has 0 radical (unpaired) electrons. The second-order valence-corrected chi connectivity index (χ2v) is 20.4. The number of primary amides is 2. The van der Waals surface area contributed by atoms with Crippen LogP contribution in [0.3, 0.4) is 0 Å². The number of ether oxygens (including phenoxy) is 2. The maximum atomic E-state index is 13.7. The molecule has 5 aromatic carbocycles. The van der Waals surface area contributed by atoms with Gasteiger partial charge in [0.15, 0.2) is 0 Å². The maximum absolute atomic E-state index is 13.7. The molecule has 2 aliphatic heterocycles. The van der Waals surface area contributed by atoms with Crippen molar-refractivity contribution in [2.75, 3.05) is 52.1 Å². The second-order valence-electron chi connectivity index (χ2n) is 20.4. The predicted octanol–water partition coefficient (Wildman–Crippen LogP) is 5.68. The number of ketones is 2. The number of nitro groups is 1. The number of Topliss-reactive ketones (excluding diaryl/α,β-unsaturated/α-hetero) is 2. The Kier molecular flexibility index (Phi) is 19.1. The molecule has 7 aromatic rings. The number of nitro benzene ring substituents is 1. The van der Waals surface area contributed by atoms with Gasteiger partial charge in [-0.1, -0.05) is 24.3 Å². The lowest BCUT2D eigenvalue weighted by Gasteiger charge is -2.44. The third-order valence-electron chi connectivity index (χ3n) is 14.7. The average molecular weight is 1190 g/mol. The molecular formula is C57H61F5N12O11. The SMILES string of the molecule is COc1cc2c(cc1C(=O)N1C[C@H](C)N(Cc3ccc(F)cc3)C[C@H]1C)c(C(=O)C(N)=O)cn2N.COc1cc2c(cc1C(=O)N1C[C@H](C)N(Cc3ccc(F)cc3)C[C@H]1C)c(C(=O)C(N)=O)cn2N.NOc1ccc(C(F)(F)F)cc1[N+](=O)[O-]. The van der Waals surface area contributed by atoms with Crippen molar-refractivity contribution in [3.05, 3.63) is 164 Å². The molecule has 450 valence electrons. The van der Waals surface area contributed by atoms with E-state index in [1.54, 1.807) is 46.2 Å². The van der Waals surface area contributed by atoms with E-state index in [1.165, 1.54) is 72.4 Å². The number of nitrogens with zero attached hydrogens (tertiary/aromatic N) is 7. The molecule has 4 amide bonds. The van der Waals surface area contributed by atoms with Gasteiger partial charge in [0.25, 0.3) is 35.2 Å². The first kappa shape index (κ1) is 62.9. The highest BCUT2D eigenvalue weighted by atomic mass is 19.4. The quantitative estimate of drug-likeness (QED) is 0.0218. The van der Waals surface area contributed by atoms with E-state index in [-0.39, 0.29) is 69.9 Å². The fourth-order valence-corrected chi connectivity index (χ4v) is 10.1. The van der Waals surface area contributed by atoms with Gasteiger partial charge in [0.2, 0.25) is 5.75 Å². The van der Waals surface area contributed by atoms with Crippen molar-refractivity contribution in [2.45, 2.75) is 71.1 Å². The first-order chi connectivity index (χ1) is 40.1. The summed E-state index contributed by atoms with van der Waals surface area (Å²) in [5.41, 5.74) is 11.8. The Labute approximate surface area is 482 Å². The molecule has 0 bridgehead atoms. The molecule has 10 N–H and O–H groups in total. The number of piperazine rings is 2. The maximum Gasteiger partial charge on any atom is 0.416 e. The van der Waals surface area contributed by atoms with Crippen LogP contribution in [0.5, 0.6) is 17.2 Å². The van der Waals surface area contributed by atoms with E-state index in [9.17, 15) is 60.8 Å². The van der Waals surface area contributed by atoms with Crippen LogP contribution in [0.15, 0.2) is 103 Å². The first-order valence-electron chi connectivity index (χ1n) is 26.0. The number of hydrogen-bond acceptors (Lipinski definition) is 16. The average Bonchev–Trinajstić information content (AvgIpc) is 2.64. The van der Waals surface area contributed by atoms with Crippen molar-refractivity contribution in [1.29, 1.82) is 0 Å². The highest BCUT2D eigenvalue weighted by molar-refractivity contribution is 6.45. The molecule has 2 aromatic heterocycles. The third kappa shape index (κ3) is 13.9. The smallest absolute Gasteiger partial charge is 0.416 e. The van der Waals surface area contributed by atoms with Crippen LogP contribution in [0.25, 0.3) is 21.8 Å². The van der Waals surface area contributed by atoms with Gasteiger partial charge in [-0.25, -0.2) is 8.78 Å².